The van der Waals surface area contributed by atoms with Crippen molar-refractivity contribution >= 4 is 11.8 Å². The molecule has 2 N–H and O–H groups in total. The minimum absolute atomic E-state index is 0.243. The van der Waals surface area contributed by atoms with E-state index in [0.717, 1.165) is 23.3 Å². The van der Waals surface area contributed by atoms with Crippen LogP contribution in [0.15, 0.2) is 0 Å². The van der Waals surface area contributed by atoms with E-state index in [0.29, 0.717) is 0 Å². The Bertz CT molecular complexity index is 113. The van der Waals surface area contributed by atoms with Crippen LogP contribution in [0.4, 0.5) is 0 Å². The van der Waals surface area contributed by atoms with Gasteiger partial charge in [-0.15, -0.1) is 0 Å². The fraction of sp³-hybridized carbons (Fsp3) is 1.00. The highest BCUT2D eigenvalue weighted by Crippen LogP contribution is 2.19. The molecule has 0 rings (SSSR count). The van der Waals surface area contributed by atoms with Crippen LogP contribution in [-0.4, -0.2) is 35.8 Å². The monoisotopic (exact) mass is 205 g/mol. The van der Waals surface area contributed by atoms with Crippen LogP contribution in [0.3, 0.4) is 0 Å². The zero-order valence-electron chi connectivity index (χ0n) is 9.21. The molecule has 0 spiro atoms. The maximum absolute atomic E-state index is 8.93. The molecule has 2 nitrogen and oxygen atoms in total. The Morgan fingerprint density at radius 3 is 2.31 bits per heavy atom. The van der Waals surface area contributed by atoms with Gasteiger partial charge in [-0.3, -0.25) is 0 Å². The number of likely N-dealkylation sites (N-methyl/N-ethyl adjacent to an activating group) is 1. The number of aliphatic hydroxyl groups is 1. The van der Waals surface area contributed by atoms with Gasteiger partial charge in [-0.1, -0.05) is 20.8 Å². The number of nitrogens with one attached hydrogen (secondary N) is 1. The predicted octanol–water partition coefficient (Wildman–Crippen LogP) is 1.73. The molecule has 0 aliphatic heterocycles. The van der Waals surface area contributed by atoms with Crippen molar-refractivity contribution in [1.82, 2.24) is 5.32 Å². The number of thioether (sulfide) groups is 1. The largest absolute Gasteiger partial charge is 0.395 e. The summed E-state index contributed by atoms with van der Waals surface area (Å²) in [6, 6.07) is 0.270. The summed E-state index contributed by atoms with van der Waals surface area (Å²) in [5, 5.41) is 12.7. The quantitative estimate of drug-likeness (QED) is 0.664. The lowest BCUT2D eigenvalue weighted by Crippen LogP contribution is -2.29. The maximum atomic E-state index is 8.93. The SMILES string of the molecule is CNC(CO)CCSC(C)C(C)C. The van der Waals surface area contributed by atoms with E-state index in [1.807, 2.05) is 18.8 Å². The molecule has 0 saturated heterocycles. The van der Waals surface area contributed by atoms with Gasteiger partial charge in [-0.25, -0.2) is 0 Å². The van der Waals surface area contributed by atoms with Crippen LogP contribution in [0.1, 0.15) is 27.2 Å². The smallest absolute Gasteiger partial charge is 0.0584 e. The lowest BCUT2D eigenvalue weighted by atomic mass is 10.2. The van der Waals surface area contributed by atoms with Crippen LogP contribution in [0.2, 0.25) is 0 Å². The van der Waals surface area contributed by atoms with E-state index in [-0.39, 0.29) is 12.6 Å². The van der Waals surface area contributed by atoms with Crippen molar-refractivity contribution in [2.45, 2.75) is 38.5 Å². The summed E-state index contributed by atoms with van der Waals surface area (Å²) in [6.07, 6.45) is 1.05. The molecule has 2 atom stereocenters. The number of aliphatic hydroxyl groups excluding tert-OH is 1. The number of hydrogen-bond donors (Lipinski definition) is 2. The molecule has 0 aromatic carbocycles. The Hall–Kier alpha value is 0.270. The fourth-order valence-corrected chi connectivity index (χ4v) is 2.09. The summed E-state index contributed by atoms with van der Waals surface area (Å²) >= 11 is 1.99. The van der Waals surface area contributed by atoms with Crippen molar-refractivity contribution in [2.24, 2.45) is 5.92 Å². The Morgan fingerprint density at radius 1 is 1.31 bits per heavy atom. The van der Waals surface area contributed by atoms with E-state index in [2.05, 4.69) is 26.1 Å². The molecule has 0 aromatic rings. The Morgan fingerprint density at radius 2 is 1.92 bits per heavy atom. The molecule has 0 heterocycles. The van der Waals surface area contributed by atoms with Crippen molar-refractivity contribution in [1.29, 1.82) is 0 Å². The molecule has 0 radical (unpaired) electrons. The van der Waals surface area contributed by atoms with Crippen LogP contribution < -0.4 is 5.32 Å². The van der Waals surface area contributed by atoms with Gasteiger partial charge in [-0.2, -0.15) is 11.8 Å². The standard InChI is InChI=1S/C10H23NOS/c1-8(2)9(3)13-6-5-10(7-12)11-4/h8-12H,5-7H2,1-4H3. The summed E-state index contributed by atoms with van der Waals surface area (Å²) in [5.41, 5.74) is 0. The van der Waals surface area contributed by atoms with E-state index in [4.69, 9.17) is 5.11 Å². The van der Waals surface area contributed by atoms with Crippen molar-refractivity contribution in [2.75, 3.05) is 19.4 Å². The van der Waals surface area contributed by atoms with Gasteiger partial charge in [0, 0.05) is 11.3 Å². The molecule has 3 heteroatoms. The van der Waals surface area contributed by atoms with Gasteiger partial charge in [0.25, 0.3) is 0 Å². The highest BCUT2D eigenvalue weighted by atomic mass is 32.2. The van der Waals surface area contributed by atoms with Gasteiger partial charge in [-0.05, 0) is 25.1 Å². The minimum Gasteiger partial charge on any atom is -0.395 e. The molecule has 0 aliphatic carbocycles. The highest BCUT2D eigenvalue weighted by molar-refractivity contribution is 7.99. The van der Waals surface area contributed by atoms with Crippen LogP contribution in [-0.2, 0) is 0 Å². The fourth-order valence-electron chi connectivity index (χ4n) is 0.916. The second kappa shape index (κ2) is 7.65. The second-order valence-electron chi connectivity index (χ2n) is 3.78. The molecule has 0 amide bonds. The third kappa shape index (κ3) is 6.36. The third-order valence-corrected chi connectivity index (χ3v) is 3.96. The molecule has 80 valence electrons. The minimum atomic E-state index is 0.243. The number of hydrogen-bond acceptors (Lipinski definition) is 3. The Balaban J connectivity index is 3.43. The zero-order valence-corrected chi connectivity index (χ0v) is 10.0. The first kappa shape index (κ1) is 13.3. The average molecular weight is 205 g/mol. The van der Waals surface area contributed by atoms with Crippen molar-refractivity contribution < 1.29 is 5.11 Å². The van der Waals surface area contributed by atoms with Crippen molar-refractivity contribution in [3.05, 3.63) is 0 Å². The van der Waals surface area contributed by atoms with Gasteiger partial charge in [0.05, 0.1) is 6.61 Å². The molecule has 0 saturated carbocycles. The van der Waals surface area contributed by atoms with Gasteiger partial charge in [0.1, 0.15) is 0 Å². The third-order valence-electron chi connectivity index (χ3n) is 2.41. The van der Waals surface area contributed by atoms with Crippen molar-refractivity contribution in [3.63, 3.8) is 0 Å². The first-order valence-electron chi connectivity index (χ1n) is 5.01. The van der Waals surface area contributed by atoms with E-state index < -0.39 is 0 Å². The molecule has 2 unspecified atom stereocenters. The Labute approximate surface area is 86.5 Å². The summed E-state index contributed by atoms with van der Waals surface area (Å²) < 4.78 is 0. The molecular formula is C10H23NOS. The van der Waals surface area contributed by atoms with Crippen LogP contribution in [0, 0.1) is 5.92 Å². The van der Waals surface area contributed by atoms with Gasteiger partial charge in [0.2, 0.25) is 0 Å². The molecule has 0 aliphatic rings. The average Bonchev–Trinajstić information content (AvgIpc) is 2.12. The summed E-state index contributed by atoms with van der Waals surface area (Å²) in [5.74, 6) is 1.87. The van der Waals surface area contributed by atoms with E-state index >= 15 is 0 Å². The molecule has 0 fully saturated rings. The van der Waals surface area contributed by atoms with Crippen LogP contribution in [0.5, 0.6) is 0 Å². The first-order chi connectivity index (χ1) is 6.11. The second-order valence-corrected chi connectivity index (χ2v) is 5.26. The zero-order chi connectivity index (χ0) is 10.3. The van der Waals surface area contributed by atoms with Gasteiger partial charge >= 0.3 is 0 Å². The molecule has 0 aromatic heterocycles. The van der Waals surface area contributed by atoms with E-state index in [1.54, 1.807) is 0 Å². The molecule has 0 bridgehead atoms. The van der Waals surface area contributed by atoms with Gasteiger partial charge < -0.3 is 10.4 Å². The van der Waals surface area contributed by atoms with E-state index in [1.165, 1.54) is 0 Å². The first-order valence-corrected chi connectivity index (χ1v) is 6.06. The summed E-state index contributed by atoms with van der Waals surface area (Å²) in [4.78, 5) is 0. The normalized spacial score (nSPS) is 16.2. The van der Waals surface area contributed by atoms with E-state index in [9.17, 15) is 0 Å². The van der Waals surface area contributed by atoms with Gasteiger partial charge in [0.15, 0.2) is 0 Å². The highest BCUT2D eigenvalue weighted by Gasteiger charge is 2.09. The lowest BCUT2D eigenvalue weighted by molar-refractivity contribution is 0.246. The van der Waals surface area contributed by atoms with Crippen LogP contribution >= 0.6 is 11.8 Å². The number of rotatable bonds is 7. The molecular weight excluding hydrogens is 182 g/mol. The maximum Gasteiger partial charge on any atom is 0.0584 e. The summed E-state index contributed by atoms with van der Waals surface area (Å²) in [7, 11) is 1.90. The topological polar surface area (TPSA) is 32.3 Å². The predicted molar refractivity (Wildman–Crippen MR) is 61.3 cm³/mol. The Kier molecular flexibility index (Phi) is 7.81. The van der Waals surface area contributed by atoms with Crippen LogP contribution in [0.25, 0.3) is 0 Å². The lowest BCUT2D eigenvalue weighted by Gasteiger charge is -2.17. The molecule has 13 heavy (non-hydrogen) atoms. The summed E-state index contributed by atoms with van der Waals surface area (Å²) in [6.45, 7) is 7.01. The van der Waals surface area contributed by atoms with Crippen molar-refractivity contribution in [3.8, 4) is 0 Å².